The third-order valence-electron chi connectivity index (χ3n) is 2.73. The molecule has 0 saturated carbocycles. The Labute approximate surface area is 118 Å². The second-order valence-electron chi connectivity index (χ2n) is 4.30. The summed E-state index contributed by atoms with van der Waals surface area (Å²) in [6.07, 6.45) is 3.07. The summed E-state index contributed by atoms with van der Waals surface area (Å²) in [5, 5.41) is 2.97. The van der Waals surface area contributed by atoms with E-state index in [1.165, 1.54) is 12.3 Å². The van der Waals surface area contributed by atoms with E-state index in [0.29, 0.717) is 18.0 Å². The number of nitrogens with one attached hydrogen (secondary N) is 2. The van der Waals surface area contributed by atoms with Gasteiger partial charge in [-0.2, -0.15) is 8.42 Å². The third kappa shape index (κ3) is 3.37. The Morgan fingerprint density at radius 3 is 2.80 bits per heavy atom. The van der Waals surface area contributed by atoms with Crippen molar-refractivity contribution in [1.29, 1.82) is 0 Å². The first-order valence-corrected chi connectivity index (χ1v) is 7.74. The zero-order valence-electron chi connectivity index (χ0n) is 11.4. The summed E-state index contributed by atoms with van der Waals surface area (Å²) in [7, 11) is -3.72. The van der Waals surface area contributed by atoms with Crippen molar-refractivity contribution in [3.05, 3.63) is 41.9 Å². The molecule has 2 heterocycles. The fraction of sp³-hybridized carbons (Fsp3) is 0.308. The predicted molar refractivity (Wildman–Crippen MR) is 75.9 cm³/mol. The normalized spacial score (nSPS) is 11.5. The molecule has 2 aromatic rings. The van der Waals surface area contributed by atoms with Gasteiger partial charge in [-0.25, -0.2) is 0 Å². The van der Waals surface area contributed by atoms with E-state index in [9.17, 15) is 8.42 Å². The van der Waals surface area contributed by atoms with Crippen LogP contribution in [0.25, 0.3) is 0 Å². The average molecular weight is 295 g/mol. The van der Waals surface area contributed by atoms with Gasteiger partial charge >= 0.3 is 0 Å². The molecule has 0 radical (unpaired) electrons. The maximum absolute atomic E-state index is 12.2. The van der Waals surface area contributed by atoms with Crippen molar-refractivity contribution in [1.82, 2.24) is 10.3 Å². The molecule has 0 aromatic carbocycles. The van der Waals surface area contributed by atoms with Crippen LogP contribution >= 0.6 is 0 Å². The van der Waals surface area contributed by atoms with Crippen molar-refractivity contribution >= 4 is 15.7 Å². The van der Waals surface area contributed by atoms with Gasteiger partial charge in [0.05, 0.1) is 18.4 Å². The van der Waals surface area contributed by atoms with E-state index in [-0.39, 0.29) is 5.09 Å². The predicted octanol–water partition coefficient (Wildman–Crippen LogP) is 1.89. The average Bonchev–Trinajstić information content (AvgIpc) is 2.88. The minimum absolute atomic E-state index is 0.103. The van der Waals surface area contributed by atoms with Crippen LogP contribution in [0.15, 0.2) is 40.1 Å². The Hall–Kier alpha value is -1.86. The van der Waals surface area contributed by atoms with E-state index in [0.717, 1.165) is 12.1 Å². The van der Waals surface area contributed by atoms with Crippen molar-refractivity contribution in [2.75, 3.05) is 11.3 Å². The molecule has 2 N–H and O–H groups in total. The quantitative estimate of drug-likeness (QED) is 0.850. The lowest BCUT2D eigenvalue weighted by Gasteiger charge is -2.07. The largest absolute Gasteiger partial charge is 0.446 e. The van der Waals surface area contributed by atoms with E-state index in [4.69, 9.17) is 4.42 Å². The zero-order chi connectivity index (χ0) is 14.6. The van der Waals surface area contributed by atoms with Crippen molar-refractivity contribution in [3.63, 3.8) is 0 Å². The maximum Gasteiger partial charge on any atom is 0.295 e. The summed E-state index contributed by atoms with van der Waals surface area (Å²) in [5.74, 6) is 0.579. The number of anilines is 1. The van der Waals surface area contributed by atoms with Crippen LogP contribution in [0.4, 0.5) is 5.69 Å². The molecule has 0 aliphatic rings. The van der Waals surface area contributed by atoms with Gasteiger partial charge in [-0.1, -0.05) is 6.92 Å². The molecule has 0 atom stereocenters. The molecule has 2 aromatic heterocycles. The Morgan fingerprint density at radius 2 is 2.10 bits per heavy atom. The molecule has 20 heavy (non-hydrogen) atoms. The molecule has 2 rings (SSSR count). The zero-order valence-corrected chi connectivity index (χ0v) is 12.2. The standard InChI is InChI=1S/C13H17N3O3S/c1-3-14-8-11-4-5-13(19-11)20(17,18)16-12-9-15-7-6-10(12)2/h4-7,9,14,16H,3,8H2,1-2H3. The van der Waals surface area contributed by atoms with Crippen LogP contribution in [-0.4, -0.2) is 19.9 Å². The molecular weight excluding hydrogens is 278 g/mol. The third-order valence-corrected chi connectivity index (χ3v) is 3.97. The van der Waals surface area contributed by atoms with Crippen LogP contribution in [0.3, 0.4) is 0 Å². The van der Waals surface area contributed by atoms with Gasteiger partial charge in [-0.3, -0.25) is 9.71 Å². The molecule has 0 amide bonds. The Morgan fingerprint density at radius 1 is 1.30 bits per heavy atom. The Balaban J connectivity index is 2.18. The van der Waals surface area contributed by atoms with Crippen molar-refractivity contribution in [2.24, 2.45) is 0 Å². The number of nitrogens with zero attached hydrogens (tertiary/aromatic N) is 1. The highest BCUT2D eigenvalue weighted by molar-refractivity contribution is 7.92. The van der Waals surface area contributed by atoms with Crippen molar-refractivity contribution in [2.45, 2.75) is 25.5 Å². The van der Waals surface area contributed by atoms with Gasteiger partial charge in [0.25, 0.3) is 10.0 Å². The fourth-order valence-corrected chi connectivity index (χ4v) is 2.68. The molecule has 0 saturated heterocycles. The second-order valence-corrected chi connectivity index (χ2v) is 5.91. The monoisotopic (exact) mass is 295 g/mol. The molecule has 7 heteroatoms. The lowest BCUT2D eigenvalue weighted by Crippen LogP contribution is -2.13. The molecular formula is C13H17N3O3S. The van der Waals surface area contributed by atoms with Crippen LogP contribution in [0.1, 0.15) is 18.2 Å². The number of aromatic nitrogens is 1. The van der Waals surface area contributed by atoms with Crippen LogP contribution in [0, 0.1) is 6.92 Å². The fourth-order valence-electron chi connectivity index (χ4n) is 1.61. The SMILES string of the molecule is CCNCc1ccc(S(=O)(=O)Nc2cnccc2C)o1. The highest BCUT2D eigenvalue weighted by atomic mass is 32.2. The number of pyridine rings is 1. The number of rotatable bonds is 6. The summed E-state index contributed by atoms with van der Waals surface area (Å²) in [4.78, 5) is 3.90. The Bertz CT molecular complexity index is 680. The maximum atomic E-state index is 12.2. The van der Waals surface area contributed by atoms with E-state index < -0.39 is 10.0 Å². The topological polar surface area (TPSA) is 84.2 Å². The number of hydrogen-bond acceptors (Lipinski definition) is 5. The van der Waals surface area contributed by atoms with E-state index in [2.05, 4.69) is 15.0 Å². The first-order chi connectivity index (χ1) is 9.53. The summed E-state index contributed by atoms with van der Waals surface area (Å²) in [6.45, 7) is 5.06. The molecule has 0 unspecified atom stereocenters. The first kappa shape index (κ1) is 14.5. The van der Waals surface area contributed by atoms with Crippen LogP contribution in [0.5, 0.6) is 0 Å². The van der Waals surface area contributed by atoms with Gasteiger partial charge in [0.2, 0.25) is 5.09 Å². The highest BCUT2D eigenvalue weighted by Crippen LogP contribution is 2.20. The van der Waals surface area contributed by atoms with Gasteiger partial charge in [-0.05, 0) is 37.2 Å². The minimum atomic E-state index is -3.72. The Kier molecular flexibility index (Phi) is 4.41. The van der Waals surface area contributed by atoms with Gasteiger partial charge in [0.15, 0.2) is 0 Å². The molecule has 0 bridgehead atoms. The van der Waals surface area contributed by atoms with Crippen LogP contribution in [-0.2, 0) is 16.6 Å². The number of hydrogen-bond donors (Lipinski definition) is 2. The van der Waals surface area contributed by atoms with Gasteiger partial charge in [0, 0.05) is 6.20 Å². The van der Waals surface area contributed by atoms with Crippen LogP contribution < -0.4 is 10.0 Å². The van der Waals surface area contributed by atoms with Gasteiger partial charge in [-0.15, -0.1) is 0 Å². The minimum Gasteiger partial charge on any atom is -0.446 e. The first-order valence-electron chi connectivity index (χ1n) is 6.26. The van der Waals surface area contributed by atoms with E-state index in [1.807, 2.05) is 6.92 Å². The van der Waals surface area contributed by atoms with Gasteiger partial charge in [0.1, 0.15) is 5.76 Å². The van der Waals surface area contributed by atoms with Crippen LogP contribution in [0.2, 0.25) is 0 Å². The molecule has 0 spiro atoms. The van der Waals surface area contributed by atoms with Crippen molar-refractivity contribution < 1.29 is 12.8 Å². The lowest BCUT2D eigenvalue weighted by molar-refractivity contribution is 0.405. The summed E-state index contributed by atoms with van der Waals surface area (Å²) in [5.41, 5.74) is 1.24. The summed E-state index contributed by atoms with van der Waals surface area (Å²) >= 11 is 0. The van der Waals surface area contributed by atoms with Crippen molar-refractivity contribution in [3.8, 4) is 0 Å². The molecule has 0 aliphatic carbocycles. The van der Waals surface area contributed by atoms with E-state index in [1.54, 1.807) is 25.3 Å². The number of furan rings is 1. The molecule has 0 fully saturated rings. The smallest absolute Gasteiger partial charge is 0.295 e. The molecule has 108 valence electrons. The summed E-state index contributed by atoms with van der Waals surface area (Å²) in [6, 6.07) is 4.82. The second kappa shape index (κ2) is 6.06. The van der Waals surface area contributed by atoms with E-state index >= 15 is 0 Å². The highest BCUT2D eigenvalue weighted by Gasteiger charge is 2.19. The molecule has 6 nitrogen and oxygen atoms in total. The number of aryl methyl sites for hydroxylation is 1. The lowest BCUT2D eigenvalue weighted by atomic mass is 10.3. The summed E-state index contributed by atoms with van der Waals surface area (Å²) < 4.78 is 32.2. The molecule has 0 aliphatic heterocycles. The van der Waals surface area contributed by atoms with Gasteiger partial charge < -0.3 is 9.73 Å². The number of sulfonamides is 1.